The average molecular weight is 265 g/mol. The van der Waals surface area contributed by atoms with Crippen LogP contribution >= 0.6 is 11.6 Å². The van der Waals surface area contributed by atoms with Gasteiger partial charge in [0.05, 0.1) is 0 Å². The Labute approximate surface area is 115 Å². The van der Waals surface area contributed by atoms with Gasteiger partial charge >= 0.3 is 0 Å². The molecule has 0 heterocycles. The molecule has 0 spiro atoms. The minimum absolute atomic E-state index is 0.126. The van der Waals surface area contributed by atoms with E-state index in [1.807, 2.05) is 24.3 Å². The van der Waals surface area contributed by atoms with Crippen molar-refractivity contribution >= 4 is 17.4 Å². The van der Waals surface area contributed by atoms with Crippen LogP contribution < -0.4 is 0 Å². The molecule has 0 aromatic heterocycles. The molecule has 3 rings (SSSR count). The lowest BCUT2D eigenvalue weighted by molar-refractivity contribution is -0.121. The number of benzene rings is 1. The number of ketones is 1. The number of hydrogen-bond donors (Lipinski definition) is 0. The molecule has 2 fully saturated rings. The summed E-state index contributed by atoms with van der Waals surface area (Å²) < 4.78 is 0. The monoisotopic (exact) mass is 264 g/mol. The Morgan fingerprint density at radius 2 is 1.67 bits per heavy atom. The predicted molar refractivity (Wildman–Crippen MR) is 76.1 cm³/mol. The molecule has 0 amide bonds. The van der Waals surface area contributed by atoms with Gasteiger partial charge in [0.15, 0.2) is 0 Å². The highest BCUT2D eigenvalue weighted by Crippen LogP contribution is 2.30. The highest BCUT2D eigenvalue weighted by molar-refractivity contribution is 6.30. The lowest BCUT2D eigenvalue weighted by Gasteiger charge is -2.20. The molecule has 98 valence electrons. The van der Waals surface area contributed by atoms with Gasteiger partial charge in [-0.3, -0.25) is 4.79 Å². The molecule has 2 heteroatoms. The van der Waals surface area contributed by atoms with Crippen LogP contribution in [0.1, 0.15) is 56.9 Å². The van der Waals surface area contributed by atoms with Crippen LogP contribution in [0.3, 0.4) is 0 Å². The Morgan fingerprint density at radius 3 is 2.17 bits per heavy atom. The Bertz CT molecular complexity index is 392. The van der Waals surface area contributed by atoms with E-state index in [9.17, 15) is 4.79 Å². The quantitative estimate of drug-likeness (QED) is 0.699. The lowest BCUT2D eigenvalue weighted by atomic mass is 9.83. The zero-order chi connectivity index (χ0) is 13.0. The van der Waals surface area contributed by atoms with Crippen molar-refractivity contribution in [3.63, 3.8) is 0 Å². The third-order valence-corrected chi connectivity index (χ3v) is 3.95. The van der Waals surface area contributed by atoms with Gasteiger partial charge in [0, 0.05) is 17.4 Å². The summed E-state index contributed by atoms with van der Waals surface area (Å²) in [6.45, 7) is 2.28. The number of halogens is 1. The molecule has 1 unspecified atom stereocenters. The Kier molecular flexibility index (Phi) is 4.82. The van der Waals surface area contributed by atoms with Crippen molar-refractivity contribution < 1.29 is 4.79 Å². The van der Waals surface area contributed by atoms with E-state index in [1.165, 1.54) is 19.3 Å². The molecule has 0 saturated heterocycles. The van der Waals surface area contributed by atoms with Crippen molar-refractivity contribution in [1.29, 1.82) is 0 Å². The van der Waals surface area contributed by atoms with Crippen LogP contribution in [-0.2, 0) is 4.79 Å². The zero-order valence-corrected chi connectivity index (χ0v) is 11.7. The van der Waals surface area contributed by atoms with Gasteiger partial charge in [-0.25, -0.2) is 0 Å². The van der Waals surface area contributed by atoms with Gasteiger partial charge in [0.2, 0.25) is 0 Å². The molecule has 2 aliphatic rings. The van der Waals surface area contributed by atoms with Gasteiger partial charge in [-0.2, -0.15) is 0 Å². The fraction of sp³-hybridized carbons (Fsp3) is 0.562. The van der Waals surface area contributed by atoms with Gasteiger partial charge in [-0.05, 0) is 36.5 Å². The van der Waals surface area contributed by atoms with E-state index >= 15 is 0 Å². The minimum atomic E-state index is 0.126. The summed E-state index contributed by atoms with van der Waals surface area (Å²) in [6, 6.07) is 7.66. The largest absolute Gasteiger partial charge is 0.299 e. The first kappa shape index (κ1) is 13.6. The zero-order valence-electron chi connectivity index (χ0n) is 11.0. The molecule has 18 heavy (non-hydrogen) atoms. The number of carbonyl (C=O) groups is 1. The van der Waals surface area contributed by atoms with E-state index in [0.29, 0.717) is 5.78 Å². The van der Waals surface area contributed by atoms with Crippen molar-refractivity contribution in [1.82, 2.24) is 0 Å². The maximum Gasteiger partial charge on any atom is 0.140 e. The van der Waals surface area contributed by atoms with Crippen LogP contribution in [0.2, 0.25) is 5.02 Å². The molecule has 2 saturated carbocycles. The van der Waals surface area contributed by atoms with Crippen LogP contribution in [0.4, 0.5) is 0 Å². The molecule has 0 bridgehead atoms. The van der Waals surface area contributed by atoms with Crippen LogP contribution in [0.25, 0.3) is 0 Å². The summed E-state index contributed by atoms with van der Waals surface area (Å²) in [5.74, 6) is 1.60. The number of rotatable bonds is 1. The van der Waals surface area contributed by atoms with Crippen molar-refractivity contribution in [3.05, 3.63) is 34.9 Å². The first-order chi connectivity index (χ1) is 8.66. The second kappa shape index (κ2) is 6.38. The van der Waals surface area contributed by atoms with Gasteiger partial charge in [-0.1, -0.05) is 49.9 Å². The molecule has 1 nitrogen and oxygen atoms in total. The lowest BCUT2D eigenvalue weighted by Crippen LogP contribution is -2.16. The van der Waals surface area contributed by atoms with E-state index in [2.05, 4.69) is 6.92 Å². The van der Waals surface area contributed by atoms with E-state index in [4.69, 9.17) is 11.6 Å². The van der Waals surface area contributed by atoms with Crippen LogP contribution in [0.5, 0.6) is 0 Å². The maximum atomic E-state index is 11.6. The molecule has 2 aliphatic carbocycles. The van der Waals surface area contributed by atoms with Crippen molar-refractivity contribution in [2.75, 3.05) is 0 Å². The van der Waals surface area contributed by atoms with Crippen molar-refractivity contribution in [2.45, 2.75) is 51.4 Å². The van der Waals surface area contributed by atoms with Gasteiger partial charge in [-0.15, -0.1) is 0 Å². The Morgan fingerprint density at radius 1 is 1.06 bits per heavy atom. The number of Topliss-reactive ketones (excluding diaryl/α,β-unsaturated/α-hetero) is 1. The molecular formula is C16H21ClO. The number of carbonyl (C=O) groups excluding carboxylic acids is 1. The van der Waals surface area contributed by atoms with Crippen LogP contribution in [0, 0.1) is 5.92 Å². The van der Waals surface area contributed by atoms with Crippen LogP contribution in [-0.4, -0.2) is 5.78 Å². The van der Waals surface area contributed by atoms with Crippen molar-refractivity contribution in [2.24, 2.45) is 5.92 Å². The average Bonchev–Trinajstić information content (AvgIpc) is 3.15. The van der Waals surface area contributed by atoms with E-state index in [0.717, 1.165) is 35.8 Å². The maximum absolute atomic E-state index is 11.6. The molecule has 1 atom stereocenters. The molecular weight excluding hydrogens is 244 g/mol. The third-order valence-electron chi connectivity index (χ3n) is 3.69. The smallest absolute Gasteiger partial charge is 0.140 e. The second-order valence-electron chi connectivity index (χ2n) is 5.50. The Hall–Kier alpha value is -0.820. The third kappa shape index (κ3) is 4.13. The normalized spacial score (nSPS) is 23.2. The van der Waals surface area contributed by atoms with E-state index < -0.39 is 0 Å². The molecule has 0 aliphatic heterocycles. The SMILES string of the molecule is CC1CC1.O=C1CCCCC1c1ccc(Cl)cc1. The van der Waals surface area contributed by atoms with Gasteiger partial charge in [0.1, 0.15) is 5.78 Å². The highest BCUT2D eigenvalue weighted by atomic mass is 35.5. The summed E-state index contributed by atoms with van der Waals surface area (Å²) in [5, 5.41) is 0.733. The highest BCUT2D eigenvalue weighted by Gasteiger charge is 2.23. The predicted octanol–water partition coefficient (Wildman–Crippen LogP) is 4.98. The second-order valence-corrected chi connectivity index (χ2v) is 5.94. The first-order valence-electron chi connectivity index (χ1n) is 6.95. The minimum Gasteiger partial charge on any atom is -0.299 e. The van der Waals surface area contributed by atoms with Gasteiger partial charge < -0.3 is 0 Å². The molecule has 0 radical (unpaired) electrons. The summed E-state index contributed by atoms with van der Waals surface area (Å²) >= 11 is 5.80. The van der Waals surface area contributed by atoms with E-state index in [1.54, 1.807) is 0 Å². The first-order valence-corrected chi connectivity index (χ1v) is 7.33. The fourth-order valence-corrected chi connectivity index (χ4v) is 2.32. The van der Waals surface area contributed by atoms with E-state index in [-0.39, 0.29) is 5.92 Å². The summed E-state index contributed by atoms with van der Waals surface area (Å²) in [5.41, 5.74) is 1.12. The summed E-state index contributed by atoms with van der Waals surface area (Å²) in [6.07, 6.45) is 6.94. The van der Waals surface area contributed by atoms with Crippen LogP contribution in [0.15, 0.2) is 24.3 Å². The topological polar surface area (TPSA) is 17.1 Å². The summed E-state index contributed by atoms with van der Waals surface area (Å²) in [7, 11) is 0. The number of hydrogen-bond acceptors (Lipinski definition) is 1. The molecule has 1 aromatic rings. The van der Waals surface area contributed by atoms with Crippen molar-refractivity contribution in [3.8, 4) is 0 Å². The Balaban J connectivity index is 0.000000256. The standard InChI is InChI=1S/C12H13ClO.C4H8/c13-10-7-5-9(6-8-10)11-3-1-2-4-12(11)14;1-4-2-3-4/h5-8,11H,1-4H2;4H,2-3H2,1H3. The van der Waals surface area contributed by atoms with Gasteiger partial charge in [0.25, 0.3) is 0 Å². The molecule has 1 aromatic carbocycles. The fourth-order valence-electron chi connectivity index (χ4n) is 2.20. The molecule has 0 N–H and O–H groups in total. The summed E-state index contributed by atoms with van der Waals surface area (Å²) in [4.78, 5) is 11.6.